The van der Waals surface area contributed by atoms with Crippen LogP contribution in [0.1, 0.15) is 24.4 Å². The van der Waals surface area contributed by atoms with Gasteiger partial charge in [-0.05, 0) is 24.3 Å². The standard InChI is InChI=1S/C10H14N2/c11-12-10(9-6-7-9)8-4-2-1-3-5-8/h1-5,9-10,12H,6-7,11H2/t10-/m1/s1. The summed E-state index contributed by atoms with van der Waals surface area (Å²) in [6, 6.07) is 10.8. The summed E-state index contributed by atoms with van der Waals surface area (Å²) in [5.74, 6) is 6.26. The van der Waals surface area contributed by atoms with Gasteiger partial charge in [0.1, 0.15) is 0 Å². The maximum absolute atomic E-state index is 5.50. The van der Waals surface area contributed by atoms with E-state index in [2.05, 4.69) is 29.7 Å². The lowest BCUT2D eigenvalue weighted by Gasteiger charge is -2.14. The molecule has 0 saturated heterocycles. The van der Waals surface area contributed by atoms with Crippen molar-refractivity contribution in [2.24, 2.45) is 11.8 Å². The first-order valence-corrected chi connectivity index (χ1v) is 4.43. The second-order valence-electron chi connectivity index (χ2n) is 3.39. The van der Waals surface area contributed by atoms with Crippen LogP contribution in [0.5, 0.6) is 0 Å². The van der Waals surface area contributed by atoms with Gasteiger partial charge < -0.3 is 0 Å². The van der Waals surface area contributed by atoms with E-state index in [0.717, 1.165) is 5.92 Å². The van der Waals surface area contributed by atoms with Gasteiger partial charge in [0.25, 0.3) is 0 Å². The Morgan fingerprint density at radius 1 is 1.25 bits per heavy atom. The van der Waals surface area contributed by atoms with Crippen molar-refractivity contribution in [2.45, 2.75) is 18.9 Å². The van der Waals surface area contributed by atoms with Crippen molar-refractivity contribution in [3.8, 4) is 0 Å². The van der Waals surface area contributed by atoms with Crippen molar-refractivity contribution < 1.29 is 0 Å². The van der Waals surface area contributed by atoms with Gasteiger partial charge in [-0.15, -0.1) is 0 Å². The van der Waals surface area contributed by atoms with Crippen molar-refractivity contribution in [1.82, 2.24) is 5.43 Å². The predicted octanol–water partition coefficient (Wildman–Crippen LogP) is 1.60. The molecule has 0 radical (unpaired) electrons. The summed E-state index contributed by atoms with van der Waals surface area (Å²) in [5, 5.41) is 0. The van der Waals surface area contributed by atoms with Crippen LogP contribution < -0.4 is 11.3 Å². The maximum atomic E-state index is 5.50. The van der Waals surface area contributed by atoms with E-state index in [4.69, 9.17) is 5.84 Å². The Labute approximate surface area is 72.7 Å². The smallest absolute Gasteiger partial charge is 0.0488 e. The summed E-state index contributed by atoms with van der Waals surface area (Å²) in [4.78, 5) is 0. The van der Waals surface area contributed by atoms with Gasteiger partial charge in [0.2, 0.25) is 0 Å². The zero-order valence-corrected chi connectivity index (χ0v) is 7.03. The Kier molecular flexibility index (Phi) is 2.11. The zero-order chi connectivity index (χ0) is 8.39. The van der Waals surface area contributed by atoms with Crippen LogP contribution in [0.4, 0.5) is 0 Å². The zero-order valence-electron chi connectivity index (χ0n) is 7.03. The third-order valence-electron chi connectivity index (χ3n) is 2.43. The molecule has 2 rings (SSSR count). The molecule has 1 fully saturated rings. The molecule has 0 bridgehead atoms. The van der Waals surface area contributed by atoms with Gasteiger partial charge in [0.15, 0.2) is 0 Å². The molecule has 1 atom stereocenters. The quantitative estimate of drug-likeness (QED) is 0.523. The molecule has 0 heterocycles. The second kappa shape index (κ2) is 3.25. The van der Waals surface area contributed by atoms with Gasteiger partial charge in [-0.25, -0.2) is 0 Å². The van der Waals surface area contributed by atoms with Crippen LogP contribution in [0.25, 0.3) is 0 Å². The fourth-order valence-electron chi connectivity index (χ4n) is 1.59. The summed E-state index contributed by atoms with van der Waals surface area (Å²) < 4.78 is 0. The molecule has 1 aliphatic carbocycles. The lowest BCUT2D eigenvalue weighted by molar-refractivity contribution is 0.497. The average Bonchev–Trinajstić information content (AvgIpc) is 2.92. The molecule has 0 amide bonds. The van der Waals surface area contributed by atoms with E-state index in [0.29, 0.717) is 6.04 Å². The Morgan fingerprint density at radius 3 is 2.42 bits per heavy atom. The lowest BCUT2D eigenvalue weighted by atomic mass is 10.0. The molecule has 12 heavy (non-hydrogen) atoms. The molecule has 0 unspecified atom stereocenters. The molecule has 64 valence electrons. The van der Waals surface area contributed by atoms with Gasteiger partial charge in [-0.3, -0.25) is 11.3 Å². The van der Waals surface area contributed by atoms with Gasteiger partial charge in [0, 0.05) is 6.04 Å². The Hall–Kier alpha value is -0.860. The van der Waals surface area contributed by atoms with Crippen molar-refractivity contribution in [1.29, 1.82) is 0 Å². The fraction of sp³-hybridized carbons (Fsp3) is 0.400. The van der Waals surface area contributed by atoms with Gasteiger partial charge in [0.05, 0.1) is 0 Å². The molecular formula is C10H14N2. The molecule has 2 heteroatoms. The molecule has 0 spiro atoms. The molecule has 2 nitrogen and oxygen atoms in total. The van der Waals surface area contributed by atoms with Crippen LogP contribution in [-0.2, 0) is 0 Å². The molecule has 0 aromatic heterocycles. The van der Waals surface area contributed by atoms with Gasteiger partial charge in [-0.2, -0.15) is 0 Å². The van der Waals surface area contributed by atoms with Crippen LogP contribution in [0.3, 0.4) is 0 Å². The van der Waals surface area contributed by atoms with E-state index in [-0.39, 0.29) is 0 Å². The molecular weight excluding hydrogens is 148 g/mol. The minimum Gasteiger partial charge on any atom is -0.271 e. The fourth-order valence-corrected chi connectivity index (χ4v) is 1.59. The normalized spacial score (nSPS) is 19.1. The van der Waals surface area contributed by atoms with Crippen molar-refractivity contribution in [3.05, 3.63) is 35.9 Å². The number of benzene rings is 1. The number of rotatable bonds is 3. The first-order chi connectivity index (χ1) is 5.92. The van der Waals surface area contributed by atoms with E-state index < -0.39 is 0 Å². The average molecular weight is 162 g/mol. The van der Waals surface area contributed by atoms with Crippen LogP contribution in [0.15, 0.2) is 30.3 Å². The molecule has 3 N–H and O–H groups in total. The SMILES string of the molecule is NN[C@H](c1ccccc1)C1CC1. The highest BCUT2D eigenvalue weighted by atomic mass is 15.2. The van der Waals surface area contributed by atoms with Gasteiger partial charge >= 0.3 is 0 Å². The molecule has 0 aliphatic heterocycles. The third kappa shape index (κ3) is 1.49. The number of nitrogens with one attached hydrogen (secondary N) is 1. The summed E-state index contributed by atoms with van der Waals surface area (Å²) in [6.45, 7) is 0. The van der Waals surface area contributed by atoms with Crippen molar-refractivity contribution >= 4 is 0 Å². The summed E-state index contributed by atoms with van der Waals surface area (Å²) in [5.41, 5.74) is 4.19. The second-order valence-corrected chi connectivity index (χ2v) is 3.39. The highest BCUT2D eigenvalue weighted by molar-refractivity contribution is 5.20. The van der Waals surface area contributed by atoms with Crippen LogP contribution in [0, 0.1) is 5.92 Å². The Morgan fingerprint density at radius 2 is 1.92 bits per heavy atom. The Bertz CT molecular complexity index is 241. The monoisotopic (exact) mass is 162 g/mol. The maximum Gasteiger partial charge on any atom is 0.0488 e. The first-order valence-electron chi connectivity index (χ1n) is 4.43. The van der Waals surface area contributed by atoms with E-state index in [1.807, 2.05) is 6.07 Å². The third-order valence-corrected chi connectivity index (χ3v) is 2.43. The lowest BCUT2D eigenvalue weighted by Crippen LogP contribution is -2.29. The topological polar surface area (TPSA) is 38.0 Å². The first kappa shape index (κ1) is 7.77. The molecule has 1 aromatic rings. The van der Waals surface area contributed by atoms with Crippen LogP contribution >= 0.6 is 0 Å². The van der Waals surface area contributed by atoms with Crippen molar-refractivity contribution in [2.75, 3.05) is 0 Å². The summed E-state index contributed by atoms with van der Waals surface area (Å²) >= 11 is 0. The van der Waals surface area contributed by atoms with E-state index in [1.165, 1.54) is 18.4 Å². The van der Waals surface area contributed by atoms with Crippen LogP contribution in [-0.4, -0.2) is 0 Å². The molecule has 1 aromatic carbocycles. The molecule has 1 aliphatic rings. The highest BCUT2D eigenvalue weighted by Crippen LogP contribution is 2.40. The van der Waals surface area contributed by atoms with Crippen molar-refractivity contribution in [3.63, 3.8) is 0 Å². The number of nitrogens with two attached hydrogens (primary N) is 1. The highest BCUT2D eigenvalue weighted by Gasteiger charge is 2.31. The van der Waals surface area contributed by atoms with E-state index in [1.54, 1.807) is 0 Å². The van der Waals surface area contributed by atoms with Crippen LogP contribution in [0.2, 0.25) is 0 Å². The summed E-state index contributed by atoms with van der Waals surface area (Å²) in [6.07, 6.45) is 2.62. The number of hydrazine groups is 1. The predicted molar refractivity (Wildman–Crippen MR) is 49.2 cm³/mol. The summed E-state index contributed by atoms with van der Waals surface area (Å²) in [7, 11) is 0. The Balaban J connectivity index is 2.15. The van der Waals surface area contributed by atoms with E-state index in [9.17, 15) is 0 Å². The van der Waals surface area contributed by atoms with Gasteiger partial charge in [-0.1, -0.05) is 30.3 Å². The largest absolute Gasteiger partial charge is 0.271 e. The van der Waals surface area contributed by atoms with E-state index >= 15 is 0 Å². The number of hydrogen-bond donors (Lipinski definition) is 2. The number of hydrogen-bond acceptors (Lipinski definition) is 2. The molecule has 1 saturated carbocycles. The minimum atomic E-state index is 0.367. The minimum absolute atomic E-state index is 0.367.